The van der Waals surface area contributed by atoms with E-state index < -0.39 is 17.6 Å². The zero-order chi connectivity index (χ0) is 19.6. The highest BCUT2D eigenvalue weighted by Gasteiger charge is 2.31. The number of benzene rings is 1. The van der Waals surface area contributed by atoms with Gasteiger partial charge in [0.25, 0.3) is 5.91 Å². The molecule has 0 radical (unpaired) electrons. The van der Waals surface area contributed by atoms with Crippen LogP contribution in [0.4, 0.5) is 13.2 Å². The largest absolute Gasteiger partial charge is 0.467 e. The molecule has 0 saturated carbocycles. The number of hydrogen-bond acceptors (Lipinski definition) is 4. The Hall–Kier alpha value is -3.10. The van der Waals surface area contributed by atoms with Crippen LogP contribution < -0.4 is 5.32 Å². The van der Waals surface area contributed by atoms with Crippen molar-refractivity contribution in [3.8, 4) is 5.69 Å². The second-order valence-electron chi connectivity index (χ2n) is 6.20. The van der Waals surface area contributed by atoms with Gasteiger partial charge in [0.05, 0.1) is 29.8 Å². The predicted molar refractivity (Wildman–Crippen MR) is 90.3 cm³/mol. The lowest BCUT2D eigenvalue weighted by molar-refractivity contribution is -0.137. The number of aromatic nitrogens is 3. The van der Waals surface area contributed by atoms with E-state index >= 15 is 0 Å². The number of nitrogens with zero attached hydrogens (tertiary/aromatic N) is 3. The summed E-state index contributed by atoms with van der Waals surface area (Å²) in [5, 5.41) is 10.5. The lowest BCUT2D eigenvalue weighted by Gasteiger charge is -2.13. The number of carbonyl (C=O) groups excluding carboxylic acids is 1. The Kier molecular flexibility index (Phi) is 5.02. The Morgan fingerprint density at radius 1 is 1.26 bits per heavy atom. The van der Waals surface area contributed by atoms with Crippen molar-refractivity contribution in [3.05, 3.63) is 65.4 Å². The summed E-state index contributed by atoms with van der Waals surface area (Å²) < 4.78 is 45.4. The second-order valence-corrected chi connectivity index (χ2v) is 6.20. The average Bonchev–Trinajstić information content (AvgIpc) is 3.28. The molecule has 0 aliphatic heterocycles. The maximum absolute atomic E-state index is 13.0. The fourth-order valence-electron chi connectivity index (χ4n) is 2.64. The van der Waals surface area contributed by atoms with Crippen molar-refractivity contribution < 1.29 is 22.4 Å². The number of alkyl halides is 3. The van der Waals surface area contributed by atoms with Crippen LogP contribution in [0.1, 0.15) is 47.3 Å². The first-order valence-corrected chi connectivity index (χ1v) is 8.21. The Bertz CT molecular complexity index is 930. The van der Waals surface area contributed by atoms with Gasteiger partial charge in [-0.2, -0.15) is 13.2 Å². The van der Waals surface area contributed by atoms with E-state index in [0.717, 1.165) is 12.1 Å². The third-order valence-corrected chi connectivity index (χ3v) is 3.89. The Labute approximate surface area is 153 Å². The quantitative estimate of drug-likeness (QED) is 0.730. The van der Waals surface area contributed by atoms with Gasteiger partial charge < -0.3 is 9.73 Å². The highest BCUT2D eigenvalue weighted by molar-refractivity contribution is 5.93. The molecule has 2 heterocycles. The molecule has 0 bridgehead atoms. The topological polar surface area (TPSA) is 73.0 Å². The maximum Gasteiger partial charge on any atom is 0.416 e. The molecule has 0 spiro atoms. The summed E-state index contributed by atoms with van der Waals surface area (Å²) in [6.45, 7) is 3.79. The molecule has 0 atom stereocenters. The maximum atomic E-state index is 13.0. The molecule has 1 aromatic carbocycles. The Morgan fingerprint density at radius 3 is 2.67 bits per heavy atom. The predicted octanol–water partition coefficient (Wildman–Crippen LogP) is 3.93. The molecule has 0 fully saturated rings. The molecule has 3 rings (SSSR count). The molecule has 0 unspecified atom stereocenters. The molecule has 1 amide bonds. The van der Waals surface area contributed by atoms with Crippen LogP contribution in [-0.2, 0) is 12.7 Å². The van der Waals surface area contributed by atoms with Gasteiger partial charge in [0, 0.05) is 0 Å². The van der Waals surface area contributed by atoms with Gasteiger partial charge >= 0.3 is 6.18 Å². The Morgan fingerprint density at radius 2 is 2.04 bits per heavy atom. The molecular weight excluding hydrogens is 361 g/mol. The summed E-state index contributed by atoms with van der Waals surface area (Å²) in [7, 11) is 0. The van der Waals surface area contributed by atoms with Crippen LogP contribution in [0.2, 0.25) is 0 Å². The van der Waals surface area contributed by atoms with Gasteiger partial charge in [-0.25, -0.2) is 4.68 Å². The lowest BCUT2D eigenvalue weighted by Crippen LogP contribution is -2.24. The molecule has 2 aromatic heterocycles. The first kappa shape index (κ1) is 18.7. The van der Waals surface area contributed by atoms with Crippen LogP contribution in [0.15, 0.2) is 47.1 Å². The van der Waals surface area contributed by atoms with Crippen LogP contribution in [0, 0.1) is 0 Å². The SMILES string of the molecule is CC(C)c1c(C(=O)NCc2ccco2)nnn1-c1cccc(C(F)(F)F)c1. The molecule has 0 aliphatic rings. The molecule has 6 nitrogen and oxygen atoms in total. The van der Waals surface area contributed by atoms with Crippen LogP contribution in [0.5, 0.6) is 0 Å². The number of amides is 1. The fraction of sp³-hybridized carbons (Fsp3) is 0.278. The second kappa shape index (κ2) is 7.26. The summed E-state index contributed by atoms with van der Waals surface area (Å²) in [5.74, 6) is -0.105. The van der Waals surface area contributed by atoms with Crippen molar-refractivity contribution in [3.63, 3.8) is 0 Å². The number of furan rings is 1. The van der Waals surface area contributed by atoms with Crippen molar-refractivity contribution in [2.75, 3.05) is 0 Å². The van der Waals surface area contributed by atoms with Crippen molar-refractivity contribution >= 4 is 5.91 Å². The molecule has 142 valence electrons. The molecule has 1 N–H and O–H groups in total. The van der Waals surface area contributed by atoms with Gasteiger partial charge in [-0.1, -0.05) is 25.1 Å². The molecule has 0 aliphatic carbocycles. The average molecular weight is 378 g/mol. The zero-order valence-electron chi connectivity index (χ0n) is 14.6. The van der Waals surface area contributed by atoms with Crippen LogP contribution in [0.25, 0.3) is 5.69 Å². The first-order valence-electron chi connectivity index (χ1n) is 8.21. The van der Waals surface area contributed by atoms with E-state index in [2.05, 4.69) is 15.6 Å². The number of nitrogens with one attached hydrogen (secondary N) is 1. The van der Waals surface area contributed by atoms with Gasteiger partial charge in [-0.3, -0.25) is 4.79 Å². The van der Waals surface area contributed by atoms with Crippen LogP contribution in [0.3, 0.4) is 0 Å². The third kappa shape index (κ3) is 4.02. The zero-order valence-corrected chi connectivity index (χ0v) is 14.6. The van der Waals surface area contributed by atoms with E-state index in [9.17, 15) is 18.0 Å². The smallest absolute Gasteiger partial charge is 0.416 e. The highest BCUT2D eigenvalue weighted by Crippen LogP contribution is 2.31. The van der Waals surface area contributed by atoms with E-state index in [1.54, 1.807) is 12.1 Å². The molecule has 0 saturated heterocycles. The van der Waals surface area contributed by atoms with Gasteiger partial charge in [-0.15, -0.1) is 5.10 Å². The highest BCUT2D eigenvalue weighted by atomic mass is 19.4. The van der Waals surface area contributed by atoms with E-state index in [-0.39, 0.29) is 23.8 Å². The van der Waals surface area contributed by atoms with Crippen molar-refractivity contribution in [1.29, 1.82) is 0 Å². The first-order chi connectivity index (χ1) is 12.8. The van der Waals surface area contributed by atoms with E-state index in [4.69, 9.17) is 4.42 Å². The van der Waals surface area contributed by atoms with Gasteiger partial charge in [-0.05, 0) is 36.2 Å². The standard InChI is InChI=1S/C18H17F3N4O2/c1-11(2)16-15(17(26)22-10-14-7-4-8-27-14)23-24-25(16)13-6-3-5-12(9-13)18(19,20)21/h3-9,11H,10H2,1-2H3,(H,22,26). The fourth-order valence-corrected chi connectivity index (χ4v) is 2.64. The minimum absolute atomic E-state index is 0.0639. The molecule has 3 aromatic rings. The van der Waals surface area contributed by atoms with Gasteiger partial charge in [0.15, 0.2) is 5.69 Å². The van der Waals surface area contributed by atoms with Gasteiger partial charge in [0.2, 0.25) is 0 Å². The minimum atomic E-state index is -4.47. The van der Waals surface area contributed by atoms with Crippen molar-refractivity contribution in [1.82, 2.24) is 20.3 Å². The van der Waals surface area contributed by atoms with Crippen molar-refractivity contribution in [2.24, 2.45) is 0 Å². The number of carbonyl (C=O) groups is 1. The lowest BCUT2D eigenvalue weighted by atomic mass is 10.1. The summed E-state index contributed by atoms with van der Waals surface area (Å²) in [4.78, 5) is 12.5. The summed E-state index contributed by atoms with van der Waals surface area (Å²) in [5.41, 5.74) is -0.125. The minimum Gasteiger partial charge on any atom is -0.467 e. The van der Waals surface area contributed by atoms with E-state index in [1.165, 1.54) is 23.1 Å². The third-order valence-electron chi connectivity index (χ3n) is 3.89. The summed E-state index contributed by atoms with van der Waals surface area (Å²) in [6.07, 6.45) is -2.98. The van der Waals surface area contributed by atoms with E-state index in [1.807, 2.05) is 13.8 Å². The molecule has 9 heteroatoms. The Balaban J connectivity index is 1.93. The van der Waals surface area contributed by atoms with Crippen LogP contribution >= 0.6 is 0 Å². The summed E-state index contributed by atoms with van der Waals surface area (Å²) >= 11 is 0. The number of halogens is 3. The molecular formula is C18H17F3N4O2. The number of hydrogen-bond donors (Lipinski definition) is 1. The summed E-state index contributed by atoms with van der Waals surface area (Å²) in [6, 6.07) is 8.15. The monoisotopic (exact) mass is 378 g/mol. The molecule has 27 heavy (non-hydrogen) atoms. The normalized spacial score (nSPS) is 11.8. The van der Waals surface area contributed by atoms with E-state index in [0.29, 0.717) is 11.5 Å². The van der Waals surface area contributed by atoms with Crippen molar-refractivity contribution in [2.45, 2.75) is 32.5 Å². The van der Waals surface area contributed by atoms with Gasteiger partial charge in [0.1, 0.15) is 5.76 Å². The van der Waals surface area contributed by atoms with Crippen LogP contribution in [-0.4, -0.2) is 20.9 Å². The number of rotatable bonds is 5.